The number of amides is 1. The lowest BCUT2D eigenvalue weighted by Gasteiger charge is -2.33. The number of nitrogens with one attached hydrogen (secondary N) is 1. The van der Waals surface area contributed by atoms with Crippen LogP contribution in [0.1, 0.15) is 18.9 Å². The third-order valence-electron chi connectivity index (χ3n) is 7.14. The first kappa shape index (κ1) is 28.5. The number of carbonyl (C=O) groups excluding carboxylic acids is 2. The van der Waals surface area contributed by atoms with Crippen molar-refractivity contribution in [2.45, 2.75) is 31.7 Å². The quantitative estimate of drug-likeness (QED) is 0.153. The van der Waals surface area contributed by atoms with Crippen molar-refractivity contribution >= 4 is 33.6 Å². The van der Waals surface area contributed by atoms with Crippen LogP contribution >= 0.6 is 0 Å². The highest BCUT2D eigenvalue weighted by atomic mass is 19.4. The average molecular weight is 574 g/mol. The molecule has 1 amide bonds. The lowest BCUT2D eigenvalue weighted by Crippen LogP contribution is -2.65. The van der Waals surface area contributed by atoms with Crippen molar-refractivity contribution in [1.29, 1.82) is 0 Å². The molecule has 214 valence electrons. The van der Waals surface area contributed by atoms with E-state index >= 15 is 0 Å². The predicted molar refractivity (Wildman–Crippen MR) is 153 cm³/mol. The van der Waals surface area contributed by atoms with Crippen molar-refractivity contribution in [3.63, 3.8) is 0 Å². The molecule has 0 saturated carbocycles. The van der Waals surface area contributed by atoms with E-state index in [0.717, 1.165) is 12.3 Å². The molecule has 0 aliphatic carbocycles. The number of benzene rings is 5. The smallest absolute Gasteiger partial charge is 0.422 e. The summed E-state index contributed by atoms with van der Waals surface area (Å²) in [7, 11) is 0. The molecule has 0 radical (unpaired) electrons. The zero-order valence-electron chi connectivity index (χ0n) is 22.4. The number of hydrogen-bond donors (Lipinski definition) is 2. The van der Waals surface area contributed by atoms with Gasteiger partial charge in [0.1, 0.15) is 18.1 Å². The van der Waals surface area contributed by atoms with Crippen LogP contribution < -0.4 is 10.1 Å². The number of esters is 1. The highest BCUT2D eigenvalue weighted by molar-refractivity contribution is 6.10. The second-order valence-corrected chi connectivity index (χ2v) is 9.67. The third-order valence-corrected chi connectivity index (χ3v) is 7.14. The van der Waals surface area contributed by atoms with Crippen LogP contribution in [0.4, 0.5) is 18.0 Å². The number of ether oxygens (including phenoxy) is 2. The molecule has 0 aliphatic rings. The first-order valence-corrected chi connectivity index (χ1v) is 13.2. The molecule has 5 aromatic carbocycles. The fourth-order valence-electron chi connectivity index (χ4n) is 4.91. The molecule has 0 heterocycles. The van der Waals surface area contributed by atoms with Gasteiger partial charge in [-0.3, -0.25) is 5.32 Å². The zero-order valence-corrected chi connectivity index (χ0v) is 22.4. The molecule has 9 heteroatoms. The Morgan fingerprint density at radius 1 is 0.762 bits per heavy atom. The van der Waals surface area contributed by atoms with E-state index in [-0.39, 0.29) is 29.2 Å². The fraction of sp³-hybridized carbons (Fsp3) is 0.152. The molecule has 5 aromatic rings. The van der Waals surface area contributed by atoms with Crippen molar-refractivity contribution in [3.05, 3.63) is 109 Å². The molecular formula is C33H26F3NO5. The largest absolute Gasteiger partial charge is 0.507 e. The Balaban J connectivity index is 1.57. The number of aromatic hydroxyl groups is 1. The van der Waals surface area contributed by atoms with E-state index in [0.29, 0.717) is 21.7 Å². The summed E-state index contributed by atoms with van der Waals surface area (Å²) in [6.07, 6.45) is -7.53. The molecule has 1 atom stereocenters. The van der Waals surface area contributed by atoms with Crippen LogP contribution in [0.3, 0.4) is 0 Å². The minimum absolute atomic E-state index is 0.150. The Kier molecular flexibility index (Phi) is 7.76. The predicted octanol–water partition coefficient (Wildman–Crippen LogP) is 7.91. The average Bonchev–Trinajstić information content (AvgIpc) is 2.99. The van der Waals surface area contributed by atoms with Crippen LogP contribution in [0.5, 0.6) is 11.5 Å². The van der Waals surface area contributed by atoms with Gasteiger partial charge in [-0.2, -0.15) is 13.2 Å². The van der Waals surface area contributed by atoms with E-state index in [1.807, 2.05) is 12.1 Å². The van der Waals surface area contributed by atoms with Crippen molar-refractivity contribution in [2.24, 2.45) is 0 Å². The minimum atomic E-state index is -5.23. The van der Waals surface area contributed by atoms with Gasteiger partial charge in [0.05, 0.1) is 0 Å². The van der Waals surface area contributed by atoms with Gasteiger partial charge in [0.25, 0.3) is 0 Å². The van der Waals surface area contributed by atoms with Crippen LogP contribution in [0, 0.1) is 0 Å². The fourth-order valence-corrected chi connectivity index (χ4v) is 4.91. The monoisotopic (exact) mass is 573 g/mol. The first-order chi connectivity index (χ1) is 20.1. The van der Waals surface area contributed by atoms with E-state index in [1.165, 1.54) is 12.1 Å². The van der Waals surface area contributed by atoms with Crippen LogP contribution in [0.25, 0.3) is 32.7 Å². The topological polar surface area (TPSA) is 84.9 Å². The van der Waals surface area contributed by atoms with Gasteiger partial charge < -0.3 is 14.6 Å². The number of hydrogen-bond acceptors (Lipinski definition) is 5. The van der Waals surface area contributed by atoms with Crippen molar-refractivity contribution in [1.82, 2.24) is 5.32 Å². The van der Waals surface area contributed by atoms with Gasteiger partial charge in [-0.1, -0.05) is 97.9 Å². The summed E-state index contributed by atoms with van der Waals surface area (Å²) in [5, 5.41) is 15.3. The molecule has 0 unspecified atom stereocenters. The molecule has 6 nitrogen and oxygen atoms in total. The maximum Gasteiger partial charge on any atom is 0.422 e. The normalized spacial score (nSPS) is 13.0. The number of halogens is 3. The molecule has 0 bridgehead atoms. The molecule has 0 spiro atoms. The van der Waals surface area contributed by atoms with Gasteiger partial charge in [0, 0.05) is 11.1 Å². The molecule has 0 aromatic heterocycles. The number of phenols is 1. The van der Waals surface area contributed by atoms with E-state index < -0.39 is 30.2 Å². The molecule has 0 saturated heterocycles. The Labute approximate surface area is 239 Å². The van der Waals surface area contributed by atoms with Crippen molar-refractivity contribution in [2.75, 3.05) is 0 Å². The maximum absolute atomic E-state index is 14.6. The van der Waals surface area contributed by atoms with Crippen LogP contribution in [0.15, 0.2) is 103 Å². The second-order valence-electron chi connectivity index (χ2n) is 9.67. The highest BCUT2D eigenvalue weighted by Gasteiger charge is 2.62. The third kappa shape index (κ3) is 5.33. The summed E-state index contributed by atoms with van der Waals surface area (Å²) in [5.74, 6) is -2.11. The number of rotatable bonds is 7. The molecule has 42 heavy (non-hydrogen) atoms. The minimum Gasteiger partial charge on any atom is -0.507 e. The van der Waals surface area contributed by atoms with E-state index in [2.05, 4.69) is 0 Å². The second kappa shape index (κ2) is 11.4. The zero-order chi connectivity index (χ0) is 29.9. The van der Waals surface area contributed by atoms with E-state index in [1.54, 1.807) is 84.2 Å². The lowest BCUT2D eigenvalue weighted by atomic mass is 9.92. The van der Waals surface area contributed by atoms with Gasteiger partial charge in [-0.15, -0.1) is 0 Å². The Hall–Kier alpha value is -5.05. The van der Waals surface area contributed by atoms with Gasteiger partial charge in [0.2, 0.25) is 5.54 Å². The number of alkyl carbamates (subject to hydrolysis) is 1. The van der Waals surface area contributed by atoms with Gasteiger partial charge in [-0.25, -0.2) is 9.59 Å². The summed E-state index contributed by atoms with van der Waals surface area (Å²) in [6, 6.07) is 28.8. The number of fused-ring (bicyclic) bond motifs is 2. The number of alkyl halides is 3. The van der Waals surface area contributed by atoms with Crippen LogP contribution in [-0.2, 0) is 16.1 Å². The van der Waals surface area contributed by atoms with Crippen molar-refractivity contribution < 1.29 is 37.3 Å². The maximum atomic E-state index is 14.6. The van der Waals surface area contributed by atoms with Gasteiger partial charge in [-0.05, 0) is 45.7 Å². The van der Waals surface area contributed by atoms with E-state index in [4.69, 9.17) is 9.47 Å². The molecule has 0 fully saturated rings. The number of phenolic OH excluding ortho intramolecular Hbond substituents is 1. The molecule has 2 N–H and O–H groups in total. The Morgan fingerprint density at radius 3 is 1.95 bits per heavy atom. The van der Waals surface area contributed by atoms with E-state index in [9.17, 15) is 27.9 Å². The highest BCUT2D eigenvalue weighted by Crippen LogP contribution is 2.46. The SMILES string of the molecule is CC[C@@](NC(=O)OCc1ccccc1)(C(=O)Oc1ccc2ccccc2c1-c1c(O)ccc2ccccc12)C(F)(F)F. The van der Waals surface area contributed by atoms with Gasteiger partial charge in [0.15, 0.2) is 0 Å². The lowest BCUT2D eigenvalue weighted by molar-refractivity contribution is -0.207. The summed E-state index contributed by atoms with van der Waals surface area (Å²) >= 11 is 0. The number of carbonyl (C=O) groups is 2. The Bertz CT molecular complexity index is 1770. The van der Waals surface area contributed by atoms with Gasteiger partial charge >= 0.3 is 18.2 Å². The standard InChI is InChI=1S/C33H26F3NO5/c1-2-32(33(34,35)36,37-31(40)41-20-21-10-4-3-5-11-21)30(39)42-27-19-17-23-13-7-9-15-25(23)29(27)28-24-14-8-6-12-22(24)16-18-26(28)38/h3-19,38H,2,20H2,1H3,(H,37,40)/t32-/m1/s1. The Morgan fingerprint density at radius 2 is 1.33 bits per heavy atom. The van der Waals surface area contributed by atoms with Crippen LogP contribution in [-0.4, -0.2) is 28.9 Å². The molecule has 0 aliphatic heterocycles. The summed E-state index contributed by atoms with van der Waals surface area (Å²) in [5.41, 5.74) is -2.34. The molecule has 5 rings (SSSR count). The molecular weight excluding hydrogens is 547 g/mol. The first-order valence-electron chi connectivity index (χ1n) is 13.2. The summed E-state index contributed by atoms with van der Waals surface area (Å²) in [4.78, 5) is 26.1. The summed E-state index contributed by atoms with van der Waals surface area (Å²) < 4.78 is 54.3. The summed E-state index contributed by atoms with van der Waals surface area (Å²) in [6.45, 7) is 0.818. The van der Waals surface area contributed by atoms with Crippen molar-refractivity contribution in [3.8, 4) is 22.6 Å². The van der Waals surface area contributed by atoms with Crippen LogP contribution in [0.2, 0.25) is 0 Å².